The van der Waals surface area contributed by atoms with Crippen LogP contribution in [0.5, 0.6) is 0 Å². The number of hydrogen-bond donors (Lipinski definition) is 1. The van der Waals surface area contributed by atoms with Crippen molar-refractivity contribution in [3.05, 3.63) is 83.7 Å². The Labute approximate surface area is 149 Å². The van der Waals surface area contributed by atoms with Gasteiger partial charge >= 0.3 is 0 Å². The zero-order valence-electron chi connectivity index (χ0n) is 14.1. The van der Waals surface area contributed by atoms with Crippen LogP contribution >= 0.6 is 0 Å². The van der Waals surface area contributed by atoms with Crippen molar-refractivity contribution >= 4 is 22.7 Å². The Balaban J connectivity index is 1.79. The van der Waals surface area contributed by atoms with E-state index in [9.17, 15) is 9.65 Å². The highest BCUT2D eigenvalue weighted by molar-refractivity contribution is 5.90. The van der Waals surface area contributed by atoms with Crippen molar-refractivity contribution < 1.29 is 4.39 Å². The molecule has 2 aromatic heterocycles. The number of nitrogens with zero attached hydrogens (tertiary/aromatic N) is 3. The molecule has 4 nitrogen and oxygen atoms in total. The Bertz CT molecular complexity index is 1170. The predicted octanol–water partition coefficient (Wildman–Crippen LogP) is 4.87. The first-order valence-electron chi connectivity index (χ1n) is 8.16. The third kappa shape index (κ3) is 2.89. The maximum Gasteiger partial charge on any atom is 0.149 e. The SMILES string of the molecule is Cc1cccc(-n2cccc2/C=C(/C#N)c2nc3ccc(F)cc3[nH]2)c1. The molecule has 0 atom stereocenters. The van der Waals surface area contributed by atoms with Crippen LogP contribution in [0, 0.1) is 24.1 Å². The number of hydrogen-bond acceptors (Lipinski definition) is 2. The lowest BCUT2D eigenvalue weighted by Crippen LogP contribution is -1.96. The molecule has 126 valence electrons. The molecule has 0 spiro atoms. The van der Waals surface area contributed by atoms with Crippen LogP contribution in [0.25, 0.3) is 28.4 Å². The highest BCUT2D eigenvalue weighted by Crippen LogP contribution is 2.22. The fourth-order valence-electron chi connectivity index (χ4n) is 2.94. The smallest absolute Gasteiger partial charge is 0.149 e. The average molecular weight is 342 g/mol. The van der Waals surface area contributed by atoms with E-state index in [1.165, 1.54) is 12.1 Å². The molecule has 0 fully saturated rings. The lowest BCUT2D eigenvalue weighted by atomic mass is 10.2. The number of benzene rings is 2. The molecule has 0 aliphatic heterocycles. The van der Waals surface area contributed by atoms with Crippen molar-refractivity contribution in [2.24, 2.45) is 0 Å². The van der Waals surface area contributed by atoms with E-state index >= 15 is 0 Å². The quantitative estimate of drug-likeness (QED) is 0.540. The van der Waals surface area contributed by atoms with E-state index in [1.807, 2.05) is 48.0 Å². The summed E-state index contributed by atoms with van der Waals surface area (Å²) in [5.74, 6) is 0.0774. The van der Waals surface area contributed by atoms with Gasteiger partial charge in [-0.05, 0) is 61.0 Å². The van der Waals surface area contributed by atoms with Gasteiger partial charge in [-0.1, -0.05) is 12.1 Å². The summed E-state index contributed by atoms with van der Waals surface area (Å²) in [5, 5.41) is 9.60. The molecule has 2 aromatic carbocycles. The van der Waals surface area contributed by atoms with Gasteiger partial charge in [0.15, 0.2) is 0 Å². The molecule has 0 aliphatic rings. The highest BCUT2D eigenvalue weighted by atomic mass is 19.1. The second-order valence-electron chi connectivity index (χ2n) is 6.06. The van der Waals surface area contributed by atoms with E-state index < -0.39 is 0 Å². The fourth-order valence-corrected chi connectivity index (χ4v) is 2.94. The Morgan fingerprint density at radius 2 is 2.08 bits per heavy atom. The zero-order chi connectivity index (χ0) is 18.1. The molecule has 0 unspecified atom stereocenters. The Kier molecular flexibility index (Phi) is 3.86. The minimum absolute atomic E-state index is 0.344. The number of rotatable bonds is 3. The Hall–Kier alpha value is -3.65. The maximum absolute atomic E-state index is 13.4. The summed E-state index contributed by atoms with van der Waals surface area (Å²) in [4.78, 5) is 7.42. The average Bonchev–Trinajstić information content (AvgIpc) is 3.25. The van der Waals surface area contributed by atoms with Gasteiger partial charge in [-0.15, -0.1) is 0 Å². The maximum atomic E-state index is 13.4. The molecule has 0 amide bonds. The number of aromatic nitrogens is 3. The van der Waals surface area contributed by atoms with Crippen molar-refractivity contribution in [2.45, 2.75) is 6.92 Å². The van der Waals surface area contributed by atoms with Crippen LogP contribution in [0.15, 0.2) is 60.8 Å². The number of aromatic amines is 1. The molecule has 0 saturated heterocycles. The molecule has 26 heavy (non-hydrogen) atoms. The van der Waals surface area contributed by atoms with Crippen LogP contribution in [0.3, 0.4) is 0 Å². The number of fused-ring (bicyclic) bond motifs is 1. The number of halogens is 1. The minimum atomic E-state index is -0.344. The summed E-state index contributed by atoms with van der Waals surface area (Å²) >= 11 is 0. The Morgan fingerprint density at radius 3 is 2.88 bits per heavy atom. The normalized spacial score (nSPS) is 11.7. The summed E-state index contributed by atoms with van der Waals surface area (Å²) < 4.78 is 15.4. The van der Waals surface area contributed by atoms with Crippen LogP contribution in [-0.2, 0) is 0 Å². The van der Waals surface area contributed by atoms with Gasteiger partial charge in [0.05, 0.1) is 16.6 Å². The number of allylic oxidation sites excluding steroid dienone is 1. The van der Waals surface area contributed by atoms with Crippen LogP contribution in [-0.4, -0.2) is 14.5 Å². The zero-order valence-corrected chi connectivity index (χ0v) is 14.1. The first kappa shape index (κ1) is 15.9. The number of H-pyrrole nitrogens is 1. The molecule has 0 aliphatic carbocycles. The minimum Gasteiger partial charge on any atom is -0.337 e. The summed E-state index contributed by atoms with van der Waals surface area (Å²) in [6.45, 7) is 2.04. The van der Waals surface area contributed by atoms with E-state index in [1.54, 1.807) is 12.1 Å². The number of nitriles is 1. The number of imidazole rings is 1. The molecule has 5 heteroatoms. The van der Waals surface area contributed by atoms with Crippen molar-refractivity contribution in [2.75, 3.05) is 0 Å². The van der Waals surface area contributed by atoms with Gasteiger partial charge in [0.1, 0.15) is 17.7 Å². The summed E-state index contributed by atoms with van der Waals surface area (Å²) in [7, 11) is 0. The fraction of sp³-hybridized carbons (Fsp3) is 0.0476. The van der Waals surface area contributed by atoms with Gasteiger partial charge in [-0.3, -0.25) is 0 Å². The van der Waals surface area contributed by atoms with Crippen molar-refractivity contribution in [3.8, 4) is 11.8 Å². The van der Waals surface area contributed by atoms with Gasteiger partial charge in [0, 0.05) is 17.6 Å². The van der Waals surface area contributed by atoms with Gasteiger partial charge in [0.25, 0.3) is 0 Å². The van der Waals surface area contributed by atoms with Crippen LogP contribution < -0.4 is 0 Å². The molecular formula is C21H15FN4. The van der Waals surface area contributed by atoms with Gasteiger partial charge in [0.2, 0.25) is 0 Å². The first-order chi connectivity index (χ1) is 12.6. The monoisotopic (exact) mass is 342 g/mol. The Morgan fingerprint density at radius 1 is 1.19 bits per heavy atom. The summed E-state index contributed by atoms with van der Waals surface area (Å²) in [5.41, 5.74) is 4.61. The second kappa shape index (κ2) is 6.34. The first-order valence-corrected chi connectivity index (χ1v) is 8.16. The summed E-state index contributed by atoms with van der Waals surface area (Å²) in [6, 6.07) is 18.5. The molecule has 2 heterocycles. The molecule has 4 aromatic rings. The summed E-state index contributed by atoms with van der Waals surface area (Å²) in [6.07, 6.45) is 3.72. The van der Waals surface area contributed by atoms with E-state index in [0.29, 0.717) is 22.4 Å². The van der Waals surface area contributed by atoms with Crippen molar-refractivity contribution in [1.82, 2.24) is 14.5 Å². The molecule has 0 saturated carbocycles. The third-order valence-electron chi connectivity index (χ3n) is 4.17. The largest absolute Gasteiger partial charge is 0.337 e. The topological polar surface area (TPSA) is 57.4 Å². The van der Waals surface area contributed by atoms with Crippen LogP contribution in [0.2, 0.25) is 0 Å². The van der Waals surface area contributed by atoms with Gasteiger partial charge < -0.3 is 9.55 Å². The third-order valence-corrected chi connectivity index (χ3v) is 4.17. The molecule has 4 rings (SSSR count). The van der Waals surface area contributed by atoms with E-state index in [2.05, 4.69) is 22.1 Å². The number of aryl methyl sites for hydroxylation is 1. The number of nitrogens with one attached hydrogen (secondary N) is 1. The van der Waals surface area contributed by atoms with Crippen molar-refractivity contribution in [1.29, 1.82) is 5.26 Å². The van der Waals surface area contributed by atoms with Crippen LogP contribution in [0.1, 0.15) is 17.1 Å². The molecule has 0 radical (unpaired) electrons. The lowest BCUT2D eigenvalue weighted by Gasteiger charge is -2.07. The molecule has 1 N–H and O–H groups in total. The lowest BCUT2D eigenvalue weighted by molar-refractivity contribution is 0.629. The van der Waals surface area contributed by atoms with E-state index in [-0.39, 0.29) is 5.82 Å². The van der Waals surface area contributed by atoms with E-state index in [4.69, 9.17) is 0 Å². The predicted molar refractivity (Wildman–Crippen MR) is 100 cm³/mol. The van der Waals surface area contributed by atoms with Crippen molar-refractivity contribution in [3.63, 3.8) is 0 Å². The molecule has 0 bridgehead atoms. The standard InChI is InChI=1S/C21H15FN4/c1-14-4-2-5-17(10-14)26-9-3-6-18(26)11-15(13-23)21-24-19-8-7-16(22)12-20(19)25-21/h2-12H,1H3,(H,24,25)/b15-11-. The van der Waals surface area contributed by atoms with Gasteiger partial charge in [-0.2, -0.15) is 5.26 Å². The van der Waals surface area contributed by atoms with Gasteiger partial charge in [-0.25, -0.2) is 9.37 Å². The van der Waals surface area contributed by atoms with Crippen LogP contribution in [0.4, 0.5) is 4.39 Å². The van der Waals surface area contributed by atoms with E-state index in [0.717, 1.165) is 16.9 Å². The second-order valence-corrected chi connectivity index (χ2v) is 6.06. The molecular weight excluding hydrogens is 327 g/mol. The highest BCUT2D eigenvalue weighted by Gasteiger charge is 2.10.